The summed E-state index contributed by atoms with van der Waals surface area (Å²) < 4.78 is 14.4. The minimum atomic E-state index is -0.308. The fourth-order valence-corrected chi connectivity index (χ4v) is 2.50. The number of hydrogen-bond donors (Lipinski definition) is 3. The fraction of sp³-hybridized carbons (Fsp3) is 0.222. The van der Waals surface area contributed by atoms with E-state index in [9.17, 15) is 14.4 Å². The highest BCUT2D eigenvalue weighted by atomic mass is 16.5. The number of rotatable bonds is 6. The third-order valence-electron chi connectivity index (χ3n) is 4.27. The number of nitrogen functional groups attached to an aromatic ring is 3. The molecule has 192 valence electrons. The highest BCUT2D eigenvalue weighted by Crippen LogP contribution is 2.08. The molecule has 3 aromatic rings. The second kappa shape index (κ2) is 16.2. The molecule has 0 unspecified atom stereocenters. The Morgan fingerprint density at radius 1 is 0.472 bits per heavy atom. The van der Waals surface area contributed by atoms with E-state index in [1.165, 1.54) is 0 Å². The molecule has 0 saturated heterocycles. The lowest BCUT2D eigenvalue weighted by molar-refractivity contribution is 0.0517. The largest absolute Gasteiger partial charge is 0.462 e. The molecule has 0 aliphatic heterocycles. The van der Waals surface area contributed by atoms with Crippen molar-refractivity contribution in [3.05, 3.63) is 89.5 Å². The summed E-state index contributed by atoms with van der Waals surface area (Å²) >= 11 is 0. The third kappa shape index (κ3) is 11.1. The highest BCUT2D eigenvalue weighted by Gasteiger charge is 2.05. The van der Waals surface area contributed by atoms with Gasteiger partial charge in [0.1, 0.15) is 0 Å². The fourth-order valence-electron chi connectivity index (χ4n) is 2.50. The standard InChI is InChI=1S/3C9H11NO2/c3*1-2-12-9(11)7-3-5-8(10)6-4-7/h3*3-6H,2,10H2,1H3. The lowest BCUT2D eigenvalue weighted by Crippen LogP contribution is -2.04. The maximum absolute atomic E-state index is 11.1. The summed E-state index contributed by atoms with van der Waals surface area (Å²) in [6.45, 7) is 6.50. The molecule has 0 atom stereocenters. The summed E-state index contributed by atoms with van der Waals surface area (Å²) in [5.74, 6) is -0.924. The van der Waals surface area contributed by atoms with Gasteiger partial charge in [-0.05, 0) is 93.6 Å². The molecule has 0 fully saturated rings. The van der Waals surface area contributed by atoms with E-state index in [1.54, 1.807) is 93.6 Å². The smallest absolute Gasteiger partial charge is 0.338 e. The minimum Gasteiger partial charge on any atom is -0.462 e. The van der Waals surface area contributed by atoms with Gasteiger partial charge in [0.25, 0.3) is 0 Å². The maximum atomic E-state index is 11.1. The summed E-state index contributed by atoms with van der Waals surface area (Å²) in [4.78, 5) is 33.3. The van der Waals surface area contributed by atoms with E-state index >= 15 is 0 Å². The summed E-state index contributed by atoms with van der Waals surface area (Å²) in [5, 5.41) is 0. The highest BCUT2D eigenvalue weighted by molar-refractivity contribution is 5.90. The first-order valence-corrected chi connectivity index (χ1v) is 11.3. The topological polar surface area (TPSA) is 157 Å². The van der Waals surface area contributed by atoms with Crippen LogP contribution in [0.15, 0.2) is 72.8 Å². The number of anilines is 3. The van der Waals surface area contributed by atoms with Crippen molar-refractivity contribution < 1.29 is 28.6 Å². The zero-order valence-electron chi connectivity index (χ0n) is 20.7. The molecular formula is C27H33N3O6. The van der Waals surface area contributed by atoms with Crippen molar-refractivity contribution in [3.63, 3.8) is 0 Å². The molecule has 0 spiro atoms. The number of carbonyl (C=O) groups excluding carboxylic acids is 3. The molecule has 6 N–H and O–H groups in total. The number of ether oxygens (including phenoxy) is 3. The van der Waals surface area contributed by atoms with E-state index < -0.39 is 0 Å². The van der Waals surface area contributed by atoms with Gasteiger partial charge in [-0.1, -0.05) is 0 Å². The molecule has 0 radical (unpaired) electrons. The van der Waals surface area contributed by atoms with Crippen molar-refractivity contribution in [3.8, 4) is 0 Å². The molecule has 9 heteroatoms. The Kier molecular flexibility index (Phi) is 13.2. The molecule has 9 nitrogen and oxygen atoms in total. The SMILES string of the molecule is CCOC(=O)c1ccc(N)cc1.CCOC(=O)c1ccc(N)cc1.CCOC(=O)c1ccc(N)cc1. The van der Waals surface area contributed by atoms with Crippen LogP contribution < -0.4 is 17.2 Å². The Morgan fingerprint density at radius 3 is 0.833 bits per heavy atom. The lowest BCUT2D eigenvalue weighted by atomic mass is 10.2. The monoisotopic (exact) mass is 495 g/mol. The Labute approximate surface area is 211 Å². The lowest BCUT2D eigenvalue weighted by Gasteiger charge is -2.00. The van der Waals surface area contributed by atoms with Gasteiger partial charge in [-0.3, -0.25) is 0 Å². The first-order valence-electron chi connectivity index (χ1n) is 11.3. The van der Waals surface area contributed by atoms with E-state index in [2.05, 4.69) is 0 Å². The van der Waals surface area contributed by atoms with Gasteiger partial charge in [0, 0.05) is 17.1 Å². The molecule has 3 aromatic carbocycles. The van der Waals surface area contributed by atoms with Gasteiger partial charge in [0.15, 0.2) is 0 Å². The predicted molar refractivity (Wildman–Crippen MR) is 140 cm³/mol. The average molecular weight is 496 g/mol. The second-order valence-corrected chi connectivity index (χ2v) is 7.03. The van der Waals surface area contributed by atoms with Crippen LogP contribution in [-0.2, 0) is 14.2 Å². The third-order valence-corrected chi connectivity index (χ3v) is 4.27. The van der Waals surface area contributed by atoms with Gasteiger partial charge in [0.2, 0.25) is 0 Å². The van der Waals surface area contributed by atoms with Crippen LogP contribution in [0, 0.1) is 0 Å². The molecular weight excluding hydrogens is 462 g/mol. The van der Waals surface area contributed by atoms with Gasteiger partial charge >= 0.3 is 17.9 Å². The van der Waals surface area contributed by atoms with Crippen LogP contribution in [0.2, 0.25) is 0 Å². The molecule has 0 heterocycles. The van der Waals surface area contributed by atoms with Crippen molar-refractivity contribution in [1.82, 2.24) is 0 Å². The van der Waals surface area contributed by atoms with E-state index in [-0.39, 0.29) is 17.9 Å². The minimum absolute atomic E-state index is 0.308. The van der Waals surface area contributed by atoms with Gasteiger partial charge in [-0.15, -0.1) is 0 Å². The van der Waals surface area contributed by atoms with E-state index in [1.807, 2.05) is 0 Å². The van der Waals surface area contributed by atoms with E-state index in [0.29, 0.717) is 53.6 Å². The first-order chi connectivity index (χ1) is 17.2. The van der Waals surface area contributed by atoms with E-state index in [0.717, 1.165) is 0 Å². The van der Waals surface area contributed by atoms with Crippen molar-refractivity contribution in [2.45, 2.75) is 20.8 Å². The Morgan fingerprint density at radius 2 is 0.667 bits per heavy atom. The Bertz CT molecular complexity index is 941. The first kappa shape index (κ1) is 29.5. The molecule has 3 rings (SSSR count). The van der Waals surface area contributed by atoms with Crippen LogP contribution in [0.3, 0.4) is 0 Å². The molecule has 0 aliphatic rings. The number of nitrogens with two attached hydrogens (primary N) is 3. The van der Waals surface area contributed by atoms with Crippen molar-refractivity contribution in [2.75, 3.05) is 37.0 Å². The molecule has 0 aromatic heterocycles. The van der Waals surface area contributed by atoms with Crippen LogP contribution in [-0.4, -0.2) is 37.7 Å². The van der Waals surface area contributed by atoms with E-state index in [4.69, 9.17) is 31.4 Å². The molecule has 0 bridgehead atoms. The Hall–Kier alpha value is -4.53. The van der Waals surface area contributed by atoms with Crippen LogP contribution in [0.1, 0.15) is 51.8 Å². The number of carbonyl (C=O) groups is 3. The van der Waals surface area contributed by atoms with Gasteiger partial charge in [0.05, 0.1) is 36.5 Å². The summed E-state index contributed by atoms with van der Waals surface area (Å²) in [6.07, 6.45) is 0. The van der Waals surface area contributed by atoms with Crippen LogP contribution in [0.5, 0.6) is 0 Å². The second-order valence-electron chi connectivity index (χ2n) is 7.03. The predicted octanol–water partition coefficient (Wildman–Crippen LogP) is 4.34. The Balaban J connectivity index is 0.000000270. The van der Waals surface area contributed by atoms with Gasteiger partial charge in [-0.2, -0.15) is 0 Å². The summed E-state index contributed by atoms with van der Waals surface area (Å²) in [6, 6.07) is 19.9. The van der Waals surface area contributed by atoms with Crippen LogP contribution in [0.25, 0.3) is 0 Å². The van der Waals surface area contributed by atoms with Crippen LogP contribution in [0.4, 0.5) is 17.1 Å². The normalized spacial score (nSPS) is 9.42. The quantitative estimate of drug-likeness (QED) is 0.257. The summed E-state index contributed by atoms with van der Waals surface area (Å²) in [7, 11) is 0. The van der Waals surface area contributed by atoms with Gasteiger partial charge < -0.3 is 31.4 Å². The summed E-state index contributed by atoms with van der Waals surface area (Å²) in [5.41, 5.74) is 19.9. The molecule has 0 amide bonds. The van der Waals surface area contributed by atoms with Crippen LogP contribution >= 0.6 is 0 Å². The molecule has 36 heavy (non-hydrogen) atoms. The average Bonchev–Trinajstić information content (AvgIpc) is 2.86. The van der Waals surface area contributed by atoms with Crippen molar-refractivity contribution in [1.29, 1.82) is 0 Å². The number of hydrogen-bond acceptors (Lipinski definition) is 9. The van der Waals surface area contributed by atoms with Crippen molar-refractivity contribution >= 4 is 35.0 Å². The van der Waals surface area contributed by atoms with Crippen molar-refractivity contribution in [2.24, 2.45) is 0 Å². The molecule has 0 saturated carbocycles. The maximum Gasteiger partial charge on any atom is 0.338 e. The zero-order valence-corrected chi connectivity index (χ0v) is 20.7. The number of esters is 3. The molecule has 0 aliphatic carbocycles. The zero-order chi connectivity index (χ0) is 26.9. The number of benzene rings is 3. The van der Waals surface area contributed by atoms with Gasteiger partial charge in [-0.25, -0.2) is 14.4 Å².